The summed E-state index contributed by atoms with van der Waals surface area (Å²) in [5, 5.41) is 23.6. The Morgan fingerprint density at radius 1 is 1.32 bits per heavy atom. The second kappa shape index (κ2) is 7.27. The summed E-state index contributed by atoms with van der Waals surface area (Å²) >= 11 is 0. The molecule has 0 unspecified atom stereocenters. The Kier molecular flexibility index (Phi) is 5.15. The molecule has 2 rings (SSSR count). The van der Waals surface area contributed by atoms with Crippen molar-refractivity contribution in [1.82, 2.24) is 5.32 Å². The zero-order valence-corrected chi connectivity index (χ0v) is 12.0. The van der Waals surface area contributed by atoms with Crippen LogP contribution >= 0.6 is 0 Å². The van der Waals surface area contributed by atoms with E-state index in [-0.39, 0.29) is 11.1 Å². The van der Waals surface area contributed by atoms with Gasteiger partial charge in [0, 0.05) is 17.9 Å². The summed E-state index contributed by atoms with van der Waals surface area (Å²) in [5.74, 6) is -1.63. The number of nitrogens with zero attached hydrogens (tertiary/aromatic N) is 1. The highest BCUT2D eigenvalue weighted by atomic mass is 16.4. The largest absolute Gasteiger partial charge is 0.478 e. The van der Waals surface area contributed by atoms with Gasteiger partial charge in [-0.15, -0.1) is 0 Å². The van der Waals surface area contributed by atoms with Crippen molar-refractivity contribution >= 4 is 17.6 Å². The zero-order chi connectivity index (χ0) is 15.9. The van der Waals surface area contributed by atoms with Crippen LogP contribution < -0.4 is 10.6 Å². The molecule has 1 amide bonds. The number of nitrogens with one attached hydrogen (secondary N) is 2. The van der Waals surface area contributed by atoms with Gasteiger partial charge in [0.05, 0.1) is 5.56 Å². The molecule has 1 aromatic rings. The van der Waals surface area contributed by atoms with E-state index in [9.17, 15) is 9.59 Å². The maximum absolute atomic E-state index is 12.0. The molecule has 0 spiro atoms. The molecule has 0 heterocycles. The first-order valence-corrected chi connectivity index (χ1v) is 7.11. The molecule has 0 aliphatic heterocycles. The molecule has 6 nitrogen and oxygen atoms in total. The molecule has 1 aliphatic carbocycles. The summed E-state index contributed by atoms with van der Waals surface area (Å²) in [7, 11) is 0. The third kappa shape index (κ3) is 4.09. The molecule has 1 aromatic carbocycles. The van der Waals surface area contributed by atoms with E-state index >= 15 is 0 Å². The molecule has 1 saturated carbocycles. The quantitative estimate of drug-likeness (QED) is 0.571. The Balaban J connectivity index is 2.02. The smallest absolute Gasteiger partial charge is 0.335 e. The van der Waals surface area contributed by atoms with E-state index in [0.29, 0.717) is 11.7 Å². The first-order chi connectivity index (χ1) is 10.6. The van der Waals surface area contributed by atoms with Crippen molar-refractivity contribution in [3.8, 4) is 6.07 Å². The lowest BCUT2D eigenvalue weighted by molar-refractivity contribution is -0.112. The SMILES string of the molecule is N#C/C(=C/NC1CCCC1)C(=O)Nc1cccc(C(=O)O)c1. The fraction of sp³-hybridized carbons (Fsp3) is 0.312. The van der Waals surface area contributed by atoms with Crippen LogP contribution in [0.15, 0.2) is 36.0 Å². The van der Waals surface area contributed by atoms with Crippen LogP contribution in [-0.4, -0.2) is 23.0 Å². The summed E-state index contributed by atoms with van der Waals surface area (Å²) < 4.78 is 0. The Labute approximate surface area is 128 Å². The van der Waals surface area contributed by atoms with Gasteiger partial charge >= 0.3 is 5.97 Å². The van der Waals surface area contributed by atoms with Gasteiger partial charge in [-0.3, -0.25) is 4.79 Å². The lowest BCUT2D eigenvalue weighted by Gasteiger charge is -2.10. The summed E-state index contributed by atoms with van der Waals surface area (Å²) in [6.45, 7) is 0. The maximum atomic E-state index is 12.0. The lowest BCUT2D eigenvalue weighted by atomic mass is 10.2. The van der Waals surface area contributed by atoms with Crippen LogP contribution in [0, 0.1) is 11.3 Å². The average Bonchev–Trinajstić information content (AvgIpc) is 3.01. The first-order valence-electron chi connectivity index (χ1n) is 7.11. The fourth-order valence-corrected chi connectivity index (χ4v) is 2.37. The van der Waals surface area contributed by atoms with Gasteiger partial charge in [0.2, 0.25) is 0 Å². The molecular weight excluding hydrogens is 282 g/mol. The summed E-state index contributed by atoms with van der Waals surface area (Å²) in [6, 6.07) is 8.05. The van der Waals surface area contributed by atoms with Gasteiger partial charge in [-0.1, -0.05) is 18.9 Å². The second-order valence-electron chi connectivity index (χ2n) is 5.16. The lowest BCUT2D eigenvalue weighted by Crippen LogP contribution is -2.23. The molecule has 0 radical (unpaired) electrons. The van der Waals surface area contributed by atoms with Crippen LogP contribution in [0.5, 0.6) is 0 Å². The number of nitriles is 1. The number of carbonyl (C=O) groups is 2. The van der Waals surface area contributed by atoms with E-state index in [4.69, 9.17) is 10.4 Å². The number of rotatable bonds is 5. The van der Waals surface area contributed by atoms with E-state index in [2.05, 4.69) is 10.6 Å². The van der Waals surface area contributed by atoms with Crippen molar-refractivity contribution in [2.45, 2.75) is 31.7 Å². The molecule has 22 heavy (non-hydrogen) atoms. The molecule has 3 N–H and O–H groups in total. The van der Waals surface area contributed by atoms with Crippen molar-refractivity contribution in [2.75, 3.05) is 5.32 Å². The number of carboxylic acids is 1. The molecule has 114 valence electrons. The molecule has 1 aliphatic rings. The van der Waals surface area contributed by atoms with Crippen molar-refractivity contribution in [3.05, 3.63) is 41.6 Å². The number of aromatic carboxylic acids is 1. The van der Waals surface area contributed by atoms with Gasteiger partial charge in [0.1, 0.15) is 11.6 Å². The number of carbonyl (C=O) groups excluding carboxylic acids is 1. The van der Waals surface area contributed by atoms with Crippen LogP contribution in [-0.2, 0) is 4.79 Å². The fourth-order valence-electron chi connectivity index (χ4n) is 2.37. The van der Waals surface area contributed by atoms with Crippen LogP contribution in [0.25, 0.3) is 0 Å². The average molecular weight is 299 g/mol. The van der Waals surface area contributed by atoms with E-state index in [0.717, 1.165) is 25.7 Å². The summed E-state index contributed by atoms with van der Waals surface area (Å²) in [4.78, 5) is 22.9. The Morgan fingerprint density at radius 2 is 2.05 bits per heavy atom. The van der Waals surface area contributed by atoms with Crippen LogP contribution in [0.2, 0.25) is 0 Å². The minimum Gasteiger partial charge on any atom is -0.478 e. The van der Waals surface area contributed by atoms with Crippen molar-refractivity contribution in [3.63, 3.8) is 0 Å². The normalized spacial score (nSPS) is 15.1. The molecule has 0 saturated heterocycles. The third-order valence-corrected chi connectivity index (χ3v) is 3.55. The van der Waals surface area contributed by atoms with Gasteiger partial charge in [0.15, 0.2) is 0 Å². The molecule has 0 aromatic heterocycles. The standard InChI is InChI=1S/C16H17N3O3/c17-9-12(10-18-13-5-1-2-6-13)15(20)19-14-7-3-4-11(8-14)16(21)22/h3-4,7-8,10,13,18H,1-2,5-6H2,(H,19,20)(H,21,22)/b12-10-. The van der Waals surface area contributed by atoms with Gasteiger partial charge in [-0.25, -0.2) is 4.79 Å². The van der Waals surface area contributed by atoms with Gasteiger partial charge in [0.25, 0.3) is 5.91 Å². The van der Waals surface area contributed by atoms with Crippen LogP contribution in [0.1, 0.15) is 36.0 Å². The van der Waals surface area contributed by atoms with Gasteiger partial charge in [-0.2, -0.15) is 5.26 Å². The molecule has 6 heteroatoms. The number of hydrogen-bond donors (Lipinski definition) is 3. The summed E-state index contributed by atoms with van der Waals surface area (Å²) in [6.07, 6.45) is 5.82. The Hall–Kier alpha value is -2.81. The molecular formula is C16H17N3O3. The Bertz CT molecular complexity index is 640. The van der Waals surface area contributed by atoms with E-state index in [1.807, 2.05) is 6.07 Å². The highest BCUT2D eigenvalue weighted by Crippen LogP contribution is 2.18. The van der Waals surface area contributed by atoms with Gasteiger partial charge < -0.3 is 15.7 Å². The minimum atomic E-state index is -1.07. The van der Waals surface area contributed by atoms with Crippen molar-refractivity contribution < 1.29 is 14.7 Å². The highest BCUT2D eigenvalue weighted by Gasteiger charge is 2.15. The topological polar surface area (TPSA) is 102 Å². The monoisotopic (exact) mass is 299 g/mol. The van der Waals surface area contributed by atoms with Gasteiger partial charge in [-0.05, 0) is 31.0 Å². The van der Waals surface area contributed by atoms with E-state index in [1.54, 1.807) is 6.07 Å². The van der Waals surface area contributed by atoms with Crippen molar-refractivity contribution in [2.24, 2.45) is 0 Å². The number of hydrogen-bond acceptors (Lipinski definition) is 4. The summed E-state index contributed by atoms with van der Waals surface area (Å²) in [5.41, 5.74) is 0.379. The molecule has 0 bridgehead atoms. The van der Waals surface area contributed by atoms with Crippen LogP contribution in [0.4, 0.5) is 5.69 Å². The predicted molar refractivity (Wildman–Crippen MR) is 81.1 cm³/mol. The van der Waals surface area contributed by atoms with Crippen LogP contribution in [0.3, 0.4) is 0 Å². The van der Waals surface area contributed by atoms with E-state index in [1.165, 1.54) is 24.4 Å². The number of carboxylic acid groups (broad SMARTS) is 1. The zero-order valence-electron chi connectivity index (χ0n) is 12.0. The molecule has 0 atom stereocenters. The molecule has 1 fully saturated rings. The minimum absolute atomic E-state index is 0.0346. The maximum Gasteiger partial charge on any atom is 0.335 e. The number of benzene rings is 1. The highest BCUT2D eigenvalue weighted by molar-refractivity contribution is 6.06. The van der Waals surface area contributed by atoms with Crippen molar-refractivity contribution in [1.29, 1.82) is 5.26 Å². The third-order valence-electron chi connectivity index (χ3n) is 3.55. The predicted octanol–water partition coefficient (Wildman–Crippen LogP) is 2.26. The number of amides is 1. The second-order valence-corrected chi connectivity index (χ2v) is 5.16. The van der Waals surface area contributed by atoms with E-state index < -0.39 is 11.9 Å². The number of anilines is 1. The Morgan fingerprint density at radius 3 is 2.68 bits per heavy atom. The first kappa shape index (κ1) is 15.6.